The molecule has 0 radical (unpaired) electrons. The van der Waals surface area contributed by atoms with Crippen LogP contribution >= 0.6 is 0 Å². The Kier molecular flexibility index (Phi) is 4.52. The van der Waals surface area contributed by atoms with Crippen LogP contribution < -0.4 is 24.3 Å². The predicted octanol–water partition coefficient (Wildman–Crippen LogP) is 2.12. The molecule has 1 aliphatic rings. The van der Waals surface area contributed by atoms with E-state index < -0.39 is 0 Å². The van der Waals surface area contributed by atoms with E-state index in [0.717, 1.165) is 11.3 Å². The van der Waals surface area contributed by atoms with Crippen molar-refractivity contribution in [2.45, 2.75) is 6.54 Å². The summed E-state index contributed by atoms with van der Waals surface area (Å²) in [5.74, 6) is 2.49. The summed E-state index contributed by atoms with van der Waals surface area (Å²) >= 11 is 0. The normalized spacial score (nSPS) is 11.9. The third-order valence-corrected chi connectivity index (χ3v) is 3.34. The number of nitrogens with one attached hydrogen (secondary N) is 1. The second kappa shape index (κ2) is 6.91. The van der Waals surface area contributed by atoms with E-state index >= 15 is 0 Å². The maximum absolute atomic E-state index is 11.9. The Hall–Kier alpha value is -2.89. The highest BCUT2D eigenvalue weighted by Gasteiger charge is 2.13. The van der Waals surface area contributed by atoms with E-state index in [4.69, 9.17) is 18.9 Å². The fraction of sp³-hybridized carbons (Fsp3) is 0.235. The van der Waals surface area contributed by atoms with Gasteiger partial charge in [-0.05, 0) is 29.8 Å². The Bertz CT molecular complexity index is 701. The van der Waals surface area contributed by atoms with Crippen LogP contribution in [0, 0.1) is 0 Å². The number of amides is 1. The summed E-state index contributed by atoms with van der Waals surface area (Å²) in [6, 6.07) is 12.7. The lowest BCUT2D eigenvalue weighted by Gasteiger charge is -2.09. The number of rotatable bonds is 6. The minimum absolute atomic E-state index is 0.0578. The van der Waals surface area contributed by atoms with Crippen LogP contribution in [-0.4, -0.2) is 26.4 Å². The molecule has 120 valence electrons. The van der Waals surface area contributed by atoms with Gasteiger partial charge in [0.15, 0.2) is 18.1 Å². The van der Waals surface area contributed by atoms with E-state index in [1.165, 1.54) is 0 Å². The fourth-order valence-corrected chi connectivity index (χ4v) is 2.14. The average Bonchev–Trinajstić information content (AvgIpc) is 3.06. The highest BCUT2D eigenvalue weighted by molar-refractivity contribution is 5.77. The molecule has 1 aliphatic heterocycles. The predicted molar refractivity (Wildman–Crippen MR) is 82.9 cm³/mol. The van der Waals surface area contributed by atoms with Gasteiger partial charge < -0.3 is 24.3 Å². The van der Waals surface area contributed by atoms with E-state index in [2.05, 4.69) is 5.32 Å². The van der Waals surface area contributed by atoms with Crippen LogP contribution in [0.3, 0.4) is 0 Å². The number of benzene rings is 2. The van der Waals surface area contributed by atoms with Gasteiger partial charge in [0.2, 0.25) is 6.79 Å². The Morgan fingerprint density at radius 2 is 1.96 bits per heavy atom. The minimum atomic E-state index is -0.203. The van der Waals surface area contributed by atoms with Crippen molar-refractivity contribution in [1.29, 1.82) is 0 Å². The number of carbonyl (C=O) groups excluding carboxylic acids is 1. The van der Waals surface area contributed by atoms with Gasteiger partial charge in [-0.2, -0.15) is 0 Å². The molecule has 0 bridgehead atoms. The van der Waals surface area contributed by atoms with Crippen molar-refractivity contribution < 1.29 is 23.7 Å². The molecule has 2 aromatic carbocycles. The van der Waals surface area contributed by atoms with Crippen LogP contribution in [0.1, 0.15) is 5.56 Å². The van der Waals surface area contributed by atoms with Gasteiger partial charge in [-0.3, -0.25) is 4.79 Å². The van der Waals surface area contributed by atoms with Gasteiger partial charge in [0.05, 0.1) is 7.11 Å². The van der Waals surface area contributed by atoms with Gasteiger partial charge in [-0.1, -0.05) is 12.1 Å². The molecule has 0 spiro atoms. The fourth-order valence-electron chi connectivity index (χ4n) is 2.14. The number of carbonyl (C=O) groups is 1. The molecule has 6 heteroatoms. The third kappa shape index (κ3) is 3.85. The summed E-state index contributed by atoms with van der Waals surface area (Å²) in [6.45, 7) is 0.578. The van der Waals surface area contributed by atoms with Gasteiger partial charge in [-0.15, -0.1) is 0 Å². The lowest BCUT2D eigenvalue weighted by Crippen LogP contribution is -2.28. The average molecular weight is 315 g/mol. The first-order chi connectivity index (χ1) is 11.2. The maximum atomic E-state index is 11.9. The van der Waals surface area contributed by atoms with E-state index in [1.54, 1.807) is 25.3 Å². The highest BCUT2D eigenvalue weighted by atomic mass is 16.7. The second-order valence-electron chi connectivity index (χ2n) is 4.93. The molecule has 0 aliphatic carbocycles. The lowest BCUT2D eigenvalue weighted by atomic mass is 10.2. The molecule has 0 atom stereocenters. The van der Waals surface area contributed by atoms with Gasteiger partial charge in [-0.25, -0.2) is 0 Å². The second-order valence-corrected chi connectivity index (χ2v) is 4.93. The van der Waals surface area contributed by atoms with Crippen LogP contribution in [0.2, 0.25) is 0 Å². The standard InChI is InChI=1S/C17H17NO5/c1-20-13-3-2-4-14(8-13)21-10-17(19)18-9-12-5-6-15-16(7-12)23-11-22-15/h2-8H,9-11H2,1H3,(H,18,19). The molecule has 23 heavy (non-hydrogen) atoms. The van der Waals surface area contributed by atoms with Crippen LogP contribution in [0.15, 0.2) is 42.5 Å². The Balaban J connectivity index is 1.48. The van der Waals surface area contributed by atoms with Crippen molar-refractivity contribution in [3.8, 4) is 23.0 Å². The summed E-state index contributed by atoms with van der Waals surface area (Å²) < 4.78 is 21.1. The van der Waals surface area contributed by atoms with Crippen LogP contribution in [-0.2, 0) is 11.3 Å². The topological polar surface area (TPSA) is 66.0 Å². The molecular weight excluding hydrogens is 298 g/mol. The molecule has 2 aromatic rings. The van der Waals surface area contributed by atoms with Crippen molar-refractivity contribution in [2.24, 2.45) is 0 Å². The van der Waals surface area contributed by atoms with Crippen LogP contribution in [0.5, 0.6) is 23.0 Å². The summed E-state index contributed by atoms with van der Waals surface area (Å²) in [4.78, 5) is 11.9. The molecule has 1 amide bonds. The van der Waals surface area contributed by atoms with Crippen molar-refractivity contribution in [3.63, 3.8) is 0 Å². The molecule has 0 saturated carbocycles. The maximum Gasteiger partial charge on any atom is 0.258 e. The molecule has 1 N–H and O–H groups in total. The van der Waals surface area contributed by atoms with E-state index in [-0.39, 0.29) is 19.3 Å². The first-order valence-corrected chi connectivity index (χ1v) is 7.16. The van der Waals surface area contributed by atoms with E-state index in [0.29, 0.717) is 23.8 Å². The molecule has 6 nitrogen and oxygen atoms in total. The SMILES string of the molecule is COc1cccc(OCC(=O)NCc2ccc3c(c2)OCO3)c1. The zero-order valence-electron chi connectivity index (χ0n) is 12.7. The molecule has 0 unspecified atom stereocenters. The van der Waals surface area contributed by atoms with Crippen molar-refractivity contribution >= 4 is 5.91 Å². The van der Waals surface area contributed by atoms with Crippen molar-refractivity contribution in [2.75, 3.05) is 20.5 Å². The van der Waals surface area contributed by atoms with Crippen molar-refractivity contribution in [3.05, 3.63) is 48.0 Å². The van der Waals surface area contributed by atoms with Gasteiger partial charge in [0.1, 0.15) is 11.5 Å². The molecule has 1 heterocycles. The first kappa shape index (κ1) is 15.0. The zero-order valence-corrected chi connectivity index (χ0v) is 12.7. The highest BCUT2D eigenvalue weighted by Crippen LogP contribution is 2.32. The van der Waals surface area contributed by atoms with Gasteiger partial charge >= 0.3 is 0 Å². The van der Waals surface area contributed by atoms with Crippen LogP contribution in [0.4, 0.5) is 0 Å². The number of hydrogen-bond acceptors (Lipinski definition) is 5. The minimum Gasteiger partial charge on any atom is -0.497 e. The third-order valence-electron chi connectivity index (χ3n) is 3.34. The largest absolute Gasteiger partial charge is 0.497 e. The van der Waals surface area contributed by atoms with E-state index in [1.807, 2.05) is 24.3 Å². The zero-order chi connectivity index (χ0) is 16.1. The summed E-state index contributed by atoms with van der Waals surface area (Å²) in [7, 11) is 1.58. The molecular formula is C17H17NO5. The number of hydrogen-bond donors (Lipinski definition) is 1. The van der Waals surface area contributed by atoms with Crippen LogP contribution in [0.25, 0.3) is 0 Å². The Morgan fingerprint density at radius 3 is 2.83 bits per heavy atom. The monoisotopic (exact) mass is 315 g/mol. The number of methoxy groups -OCH3 is 1. The molecule has 0 aromatic heterocycles. The Labute approximate surface area is 133 Å². The Morgan fingerprint density at radius 1 is 1.13 bits per heavy atom. The number of ether oxygens (including phenoxy) is 4. The number of fused-ring (bicyclic) bond motifs is 1. The lowest BCUT2D eigenvalue weighted by molar-refractivity contribution is -0.123. The molecule has 3 rings (SSSR count). The summed E-state index contributed by atoms with van der Waals surface area (Å²) in [6.07, 6.45) is 0. The molecule has 0 fully saturated rings. The van der Waals surface area contributed by atoms with E-state index in [9.17, 15) is 4.79 Å². The summed E-state index contributed by atoms with van der Waals surface area (Å²) in [5, 5.41) is 2.80. The first-order valence-electron chi connectivity index (χ1n) is 7.16. The van der Waals surface area contributed by atoms with Gasteiger partial charge in [0.25, 0.3) is 5.91 Å². The molecule has 0 saturated heterocycles. The summed E-state index contributed by atoms with van der Waals surface area (Å²) in [5.41, 5.74) is 0.934. The quantitative estimate of drug-likeness (QED) is 0.884. The van der Waals surface area contributed by atoms with Gasteiger partial charge in [0, 0.05) is 12.6 Å². The smallest absolute Gasteiger partial charge is 0.258 e. The van der Waals surface area contributed by atoms with Crippen molar-refractivity contribution in [1.82, 2.24) is 5.32 Å².